The molecule has 0 amide bonds. The molecule has 2 aromatic rings. The third-order valence-electron chi connectivity index (χ3n) is 3.20. The minimum absolute atomic E-state index is 0.149. The van der Waals surface area contributed by atoms with Crippen molar-refractivity contribution in [2.24, 2.45) is 0 Å². The monoisotopic (exact) mass is 233 g/mol. The van der Waals surface area contributed by atoms with E-state index in [1.54, 1.807) is 10.8 Å². The number of hydrogen-bond donors (Lipinski definition) is 1. The van der Waals surface area contributed by atoms with Gasteiger partial charge in [-0.15, -0.1) is 15.3 Å². The number of nitrogens with one attached hydrogen (secondary N) is 1. The number of anilines is 1. The van der Waals surface area contributed by atoms with Crippen molar-refractivity contribution in [3.8, 4) is 0 Å². The van der Waals surface area contributed by atoms with Crippen LogP contribution in [0.4, 0.5) is 5.82 Å². The highest BCUT2D eigenvalue weighted by Gasteiger charge is 2.35. The molecule has 0 saturated carbocycles. The van der Waals surface area contributed by atoms with E-state index in [1.807, 2.05) is 12.1 Å². The fraction of sp³-hybridized carbons (Fsp3) is 0.545. The lowest BCUT2D eigenvalue weighted by Gasteiger charge is -2.26. The van der Waals surface area contributed by atoms with Crippen LogP contribution in [0.15, 0.2) is 18.5 Å². The van der Waals surface area contributed by atoms with Crippen LogP contribution in [0.3, 0.4) is 0 Å². The molecule has 0 bridgehead atoms. The van der Waals surface area contributed by atoms with Gasteiger partial charge in [-0.05, 0) is 32.4 Å². The van der Waals surface area contributed by atoms with Crippen molar-refractivity contribution in [1.29, 1.82) is 0 Å². The topological polar surface area (TPSA) is 64.3 Å². The van der Waals surface area contributed by atoms with Crippen LogP contribution in [0, 0.1) is 0 Å². The SMILES string of the molecule is CC1(C)OCCC1Nc1ccc2nncn2n1. The number of rotatable bonds is 2. The summed E-state index contributed by atoms with van der Waals surface area (Å²) in [6.45, 7) is 4.98. The molecule has 6 heteroatoms. The molecule has 0 aromatic carbocycles. The van der Waals surface area contributed by atoms with Crippen molar-refractivity contribution < 1.29 is 4.74 Å². The second kappa shape index (κ2) is 3.66. The minimum Gasteiger partial charge on any atom is -0.373 e. The molecule has 1 saturated heterocycles. The highest BCUT2D eigenvalue weighted by atomic mass is 16.5. The molecule has 1 N–H and O–H groups in total. The van der Waals surface area contributed by atoms with Gasteiger partial charge in [-0.3, -0.25) is 0 Å². The van der Waals surface area contributed by atoms with Crippen molar-refractivity contribution in [3.63, 3.8) is 0 Å². The van der Waals surface area contributed by atoms with E-state index in [1.165, 1.54) is 0 Å². The lowest BCUT2D eigenvalue weighted by molar-refractivity contribution is 0.0314. The Bertz CT molecular complexity index is 535. The van der Waals surface area contributed by atoms with Gasteiger partial charge in [0.1, 0.15) is 12.1 Å². The highest BCUT2D eigenvalue weighted by Crippen LogP contribution is 2.27. The molecule has 1 atom stereocenters. The van der Waals surface area contributed by atoms with Crippen LogP contribution in [0.1, 0.15) is 20.3 Å². The van der Waals surface area contributed by atoms with Gasteiger partial charge in [0.15, 0.2) is 5.65 Å². The number of aromatic nitrogens is 4. The number of hydrogen-bond acceptors (Lipinski definition) is 5. The largest absolute Gasteiger partial charge is 0.373 e. The summed E-state index contributed by atoms with van der Waals surface area (Å²) in [4.78, 5) is 0. The van der Waals surface area contributed by atoms with E-state index in [4.69, 9.17) is 4.74 Å². The van der Waals surface area contributed by atoms with E-state index in [0.717, 1.165) is 24.5 Å². The van der Waals surface area contributed by atoms with Gasteiger partial charge >= 0.3 is 0 Å². The fourth-order valence-electron chi connectivity index (χ4n) is 2.12. The van der Waals surface area contributed by atoms with Crippen molar-refractivity contribution in [3.05, 3.63) is 18.5 Å². The molecule has 1 aliphatic rings. The Morgan fingerprint density at radius 2 is 2.35 bits per heavy atom. The first-order chi connectivity index (χ1) is 8.15. The first-order valence-electron chi connectivity index (χ1n) is 5.73. The summed E-state index contributed by atoms with van der Waals surface area (Å²) in [5.74, 6) is 0.820. The summed E-state index contributed by atoms with van der Waals surface area (Å²) in [5, 5.41) is 15.5. The smallest absolute Gasteiger partial charge is 0.177 e. The predicted molar refractivity (Wildman–Crippen MR) is 62.8 cm³/mol. The maximum atomic E-state index is 5.68. The maximum Gasteiger partial charge on any atom is 0.177 e. The van der Waals surface area contributed by atoms with Gasteiger partial charge in [-0.25, -0.2) is 0 Å². The molecule has 90 valence electrons. The second-order valence-corrected chi connectivity index (χ2v) is 4.79. The zero-order valence-electron chi connectivity index (χ0n) is 9.92. The van der Waals surface area contributed by atoms with Crippen LogP contribution >= 0.6 is 0 Å². The molecule has 0 radical (unpaired) electrons. The van der Waals surface area contributed by atoms with Crippen molar-refractivity contribution in [1.82, 2.24) is 19.8 Å². The molecule has 0 aliphatic carbocycles. The minimum atomic E-state index is -0.149. The lowest BCUT2D eigenvalue weighted by atomic mass is 9.99. The lowest BCUT2D eigenvalue weighted by Crippen LogP contribution is -2.38. The normalized spacial score (nSPS) is 23.1. The van der Waals surface area contributed by atoms with Crippen molar-refractivity contribution >= 4 is 11.5 Å². The third kappa shape index (κ3) is 1.84. The van der Waals surface area contributed by atoms with Crippen LogP contribution in [-0.4, -0.2) is 38.1 Å². The molecule has 6 nitrogen and oxygen atoms in total. The van der Waals surface area contributed by atoms with Gasteiger partial charge in [0, 0.05) is 6.61 Å². The van der Waals surface area contributed by atoms with Crippen LogP contribution in [0.5, 0.6) is 0 Å². The quantitative estimate of drug-likeness (QED) is 0.841. The zero-order valence-corrected chi connectivity index (χ0v) is 9.92. The summed E-state index contributed by atoms with van der Waals surface area (Å²) < 4.78 is 7.33. The summed E-state index contributed by atoms with van der Waals surface area (Å²) in [6, 6.07) is 4.09. The van der Waals surface area contributed by atoms with Gasteiger partial charge in [-0.1, -0.05) is 0 Å². The van der Waals surface area contributed by atoms with Crippen molar-refractivity contribution in [2.45, 2.75) is 31.9 Å². The van der Waals surface area contributed by atoms with E-state index < -0.39 is 0 Å². The van der Waals surface area contributed by atoms with Gasteiger partial charge in [0.05, 0.1) is 11.6 Å². The molecule has 1 unspecified atom stereocenters. The van der Waals surface area contributed by atoms with Crippen LogP contribution < -0.4 is 5.32 Å². The molecule has 17 heavy (non-hydrogen) atoms. The van der Waals surface area contributed by atoms with E-state index >= 15 is 0 Å². The first-order valence-corrected chi connectivity index (χ1v) is 5.73. The average molecular weight is 233 g/mol. The van der Waals surface area contributed by atoms with Crippen molar-refractivity contribution in [2.75, 3.05) is 11.9 Å². The van der Waals surface area contributed by atoms with Gasteiger partial charge < -0.3 is 10.1 Å². The summed E-state index contributed by atoms with van der Waals surface area (Å²) in [5.41, 5.74) is 0.599. The van der Waals surface area contributed by atoms with Crippen LogP contribution in [0.25, 0.3) is 5.65 Å². The first kappa shape index (κ1) is 10.5. The second-order valence-electron chi connectivity index (χ2n) is 4.79. The molecule has 2 aromatic heterocycles. The molecule has 1 aliphatic heterocycles. The average Bonchev–Trinajstić information content (AvgIpc) is 2.85. The van der Waals surface area contributed by atoms with E-state index in [-0.39, 0.29) is 11.6 Å². The molecule has 1 fully saturated rings. The van der Waals surface area contributed by atoms with E-state index in [9.17, 15) is 0 Å². The zero-order chi connectivity index (χ0) is 11.9. The fourth-order valence-corrected chi connectivity index (χ4v) is 2.12. The Morgan fingerprint density at radius 1 is 1.47 bits per heavy atom. The van der Waals surface area contributed by atoms with E-state index in [2.05, 4.69) is 34.5 Å². The molecule has 3 heterocycles. The summed E-state index contributed by atoms with van der Waals surface area (Å²) in [7, 11) is 0. The Labute approximate surface area is 99.0 Å². The number of nitrogens with zero attached hydrogens (tertiary/aromatic N) is 4. The van der Waals surface area contributed by atoms with Crippen LogP contribution in [0.2, 0.25) is 0 Å². The molecule has 0 spiro atoms. The standard InChI is InChI=1S/C11H15N5O/c1-11(2)8(5-6-17-11)13-9-3-4-10-14-12-7-16(10)15-9/h3-4,7-8H,5-6H2,1-2H3,(H,13,15). The molecular formula is C11H15N5O. The number of fused-ring (bicyclic) bond motifs is 1. The highest BCUT2D eigenvalue weighted by molar-refractivity contribution is 5.44. The van der Waals surface area contributed by atoms with E-state index in [0.29, 0.717) is 0 Å². The van der Waals surface area contributed by atoms with Gasteiger partial charge in [0.2, 0.25) is 0 Å². The summed E-state index contributed by atoms with van der Waals surface area (Å²) in [6.07, 6.45) is 2.59. The third-order valence-corrected chi connectivity index (χ3v) is 3.20. The Hall–Kier alpha value is -1.69. The summed E-state index contributed by atoms with van der Waals surface area (Å²) >= 11 is 0. The predicted octanol–water partition coefficient (Wildman–Crippen LogP) is 1.10. The Balaban J connectivity index is 1.84. The van der Waals surface area contributed by atoms with Crippen LogP contribution in [-0.2, 0) is 4.74 Å². The Morgan fingerprint density at radius 3 is 3.12 bits per heavy atom. The molecule has 3 rings (SSSR count). The van der Waals surface area contributed by atoms with Gasteiger partial charge in [-0.2, -0.15) is 4.52 Å². The molecular weight excluding hydrogens is 218 g/mol. The Kier molecular flexibility index (Phi) is 2.25. The maximum absolute atomic E-state index is 5.68. The van der Waals surface area contributed by atoms with Gasteiger partial charge in [0.25, 0.3) is 0 Å². The number of ether oxygens (including phenoxy) is 1.